The molecule has 1 aromatic rings. The second kappa shape index (κ2) is 6.13. The van der Waals surface area contributed by atoms with Crippen molar-refractivity contribution in [3.05, 3.63) is 28.2 Å². The van der Waals surface area contributed by atoms with E-state index in [1.54, 1.807) is 13.8 Å². The van der Waals surface area contributed by atoms with Gasteiger partial charge in [-0.25, -0.2) is 0 Å². The van der Waals surface area contributed by atoms with Crippen molar-refractivity contribution in [3.8, 4) is 0 Å². The minimum absolute atomic E-state index is 0.0339. The average molecular weight is 354 g/mol. The molecule has 0 saturated heterocycles. The highest BCUT2D eigenvalue weighted by Crippen LogP contribution is 2.34. The number of amides is 1. The van der Waals surface area contributed by atoms with Crippen molar-refractivity contribution in [2.45, 2.75) is 32.0 Å². The van der Waals surface area contributed by atoms with Crippen LogP contribution in [0.5, 0.6) is 0 Å². The second-order valence-electron chi connectivity index (χ2n) is 4.88. The standard InChI is InChI=1S/C13H15BrF3NO2/c1-12(2,20-3)7-11(19)18-10-6-8(13(15,16)17)4-5-9(10)14/h4-6H,7H2,1-3H3,(H,18,19). The van der Waals surface area contributed by atoms with Gasteiger partial charge in [-0.2, -0.15) is 13.2 Å². The first-order valence-corrected chi connectivity index (χ1v) is 6.56. The molecule has 0 aromatic heterocycles. The van der Waals surface area contributed by atoms with Crippen LogP contribution in [0.15, 0.2) is 22.7 Å². The number of alkyl halides is 3. The first kappa shape index (κ1) is 17.0. The van der Waals surface area contributed by atoms with Crippen LogP contribution in [0.4, 0.5) is 18.9 Å². The topological polar surface area (TPSA) is 38.3 Å². The number of nitrogens with one attached hydrogen (secondary N) is 1. The lowest BCUT2D eigenvalue weighted by Gasteiger charge is -2.22. The zero-order chi connectivity index (χ0) is 15.6. The third-order valence-corrected chi connectivity index (χ3v) is 3.40. The molecule has 112 valence electrons. The summed E-state index contributed by atoms with van der Waals surface area (Å²) >= 11 is 3.11. The predicted octanol–water partition coefficient (Wildman–Crippen LogP) is 4.22. The van der Waals surface area contributed by atoms with Crippen LogP contribution in [-0.2, 0) is 15.7 Å². The van der Waals surface area contributed by atoms with E-state index < -0.39 is 23.2 Å². The van der Waals surface area contributed by atoms with Crippen molar-refractivity contribution in [1.82, 2.24) is 0 Å². The Hall–Kier alpha value is -1.08. The van der Waals surface area contributed by atoms with Gasteiger partial charge in [0.2, 0.25) is 5.91 Å². The molecule has 20 heavy (non-hydrogen) atoms. The van der Waals surface area contributed by atoms with Crippen LogP contribution < -0.4 is 5.32 Å². The molecule has 0 aliphatic heterocycles. The van der Waals surface area contributed by atoms with Crippen LogP contribution in [0.2, 0.25) is 0 Å². The minimum atomic E-state index is -4.45. The zero-order valence-electron chi connectivity index (χ0n) is 11.3. The van der Waals surface area contributed by atoms with E-state index in [4.69, 9.17) is 4.74 Å². The van der Waals surface area contributed by atoms with E-state index in [9.17, 15) is 18.0 Å². The van der Waals surface area contributed by atoms with Gasteiger partial charge in [-0.05, 0) is 48.0 Å². The lowest BCUT2D eigenvalue weighted by atomic mass is 10.0. The van der Waals surface area contributed by atoms with Crippen LogP contribution in [0.25, 0.3) is 0 Å². The van der Waals surface area contributed by atoms with Crippen LogP contribution in [0.3, 0.4) is 0 Å². The monoisotopic (exact) mass is 353 g/mol. The summed E-state index contributed by atoms with van der Waals surface area (Å²) in [5.74, 6) is -0.420. The Balaban J connectivity index is 2.90. The Kier molecular flexibility index (Phi) is 5.21. The smallest absolute Gasteiger partial charge is 0.378 e. The second-order valence-corrected chi connectivity index (χ2v) is 5.74. The molecule has 0 aliphatic rings. The number of hydrogen-bond acceptors (Lipinski definition) is 2. The Bertz CT molecular complexity index is 501. The molecule has 1 aromatic carbocycles. The maximum absolute atomic E-state index is 12.6. The first-order chi connectivity index (χ1) is 9.05. The molecule has 3 nitrogen and oxygen atoms in total. The van der Waals surface area contributed by atoms with Gasteiger partial charge >= 0.3 is 6.18 Å². The summed E-state index contributed by atoms with van der Waals surface area (Å²) in [5.41, 5.74) is -1.42. The van der Waals surface area contributed by atoms with Gasteiger partial charge < -0.3 is 10.1 Å². The minimum Gasteiger partial charge on any atom is -0.378 e. The van der Waals surface area contributed by atoms with Crippen molar-refractivity contribution in [2.24, 2.45) is 0 Å². The molecule has 0 saturated carbocycles. The third-order valence-electron chi connectivity index (χ3n) is 2.71. The van der Waals surface area contributed by atoms with Crippen LogP contribution >= 0.6 is 15.9 Å². The zero-order valence-corrected chi connectivity index (χ0v) is 12.9. The number of carbonyl (C=O) groups excluding carboxylic acids is 1. The Labute approximate surface area is 123 Å². The molecule has 0 unspecified atom stereocenters. The van der Waals surface area contributed by atoms with Gasteiger partial charge in [-0.15, -0.1) is 0 Å². The number of rotatable bonds is 4. The van der Waals surface area contributed by atoms with Gasteiger partial charge in [0, 0.05) is 11.6 Å². The van der Waals surface area contributed by atoms with E-state index in [2.05, 4.69) is 21.2 Å². The van der Waals surface area contributed by atoms with Crippen LogP contribution in [0.1, 0.15) is 25.8 Å². The number of halogens is 4. The number of carbonyl (C=O) groups is 1. The maximum Gasteiger partial charge on any atom is 0.416 e. The van der Waals surface area contributed by atoms with E-state index in [-0.39, 0.29) is 12.1 Å². The van der Waals surface area contributed by atoms with Crippen molar-refractivity contribution in [3.63, 3.8) is 0 Å². The fourth-order valence-electron chi connectivity index (χ4n) is 1.45. The van der Waals surface area contributed by atoms with E-state index in [1.807, 2.05) is 0 Å². The van der Waals surface area contributed by atoms with Crippen molar-refractivity contribution >= 4 is 27.5 Å². The van der Waals surface area contributed by atoms with Crippen LogP contribution in [0, 0.1) is 0 Å². The summed E-state index contributed by atoms with van der Waals surface area (Å²) in [7, 11) is 1.47. The van der Waals surface area contributed by atoms with Gasteiger partial charge in [0.15, 0.2) is 0 Å². The van der Waals surface area contributed by atoms with Gasteiger partial charge in [-0.1, -0.05) is 0 Å². The lowest BCUT2D eigenvalue weighted by molar-refractivity contribution is -0.137. The van der Waals surface area contributed by atoms with Crippen molar-refractivity contribution in [2.75, 3.05) is 12.4 Å². The Morgan fingerprint density at radius 1 is 1.35 bits per heavy atom. The molecular weight excluding hydrogens is 339 g/mol. The predicted molar refractivity (Wildman–Crippen MR) is 73.5 cm³/mol. The summed E-state index contributed by atoms with van der Waals surface area (Å²) < 4.78 is 43.3. The summed E-state index contributed by atoms with van der Waals surface area (Å²) in [6, 6.07) is 3.08. The molecule has 1 N–H and O–H groups in total. The molecular formula is C13H15BrF3NO2. The summed E-state index contributed by atoms with van der Waals surface area (Å²) in [4.78, 5) is 11.8. The van der Waals surface area contributed by atoms with Crippen molar-refractivity contribution < 1.29 is 22.7 Å². The number of ether oxygens (including phenoxy) is 1. The molecule has 1 amide bonds. The first-order valence-electron chi connectivity index (χ1n) is 5.77. The SMILES string of the molecule is COC(C)(C)CC(=O)Nc1cc(C(F)(F)F)ccc1Br. The molecule has 0 fully saturated rings. The normalized spacial score (nSPS) is 12.3. The summed E-state index contributed by atoms with van der Waals surface area (Å²) in [6.45, 7) is 3.43. The highest BCUT2D eigenvalue weighted by Gasteiger charge is 2.31. The molecule has 7 heteroatoms. The molecule has 0 aliphatic carbocycles. The van der Waals surface area contributed by atoms with Gasteiger partial charge in [0.05, 0.1) is 23.3 Å². The van der Waals surface area contributed by atoms with Gasteiger partial charge in [0.1, 0.15) is 0 Å². The number of anilines is 1. The molecule has 0 radical (unpaired) electrons. The highest BCUT2D eigenvalue weighted by molar-refractivity contribution is 9.10. The van der Waals surface area contributed by atoms with E-state index in [0.29, 0.717) is 4.47 Å². The molecule has 0 spiro atoms. The number of hydrogen-bond donors (Lipinski definition) is 1. The highest BCUT2D eigenvalue weighted by atomic mass is 79.9. The Morgan fingerprint density at radius 3 is 2.45 bits per heavy atom. The summed E-state index contributed by atoms with van der Waals surface area (Å²) in [6.07, 6.45) is -4.42. The number of benzene rings is 1. The molecule has 0 bridgehead atoms. The maximum atomic E-state index is 12.6. The third kappa shape index (κ3) is 4.79. The van der Waals surface area contributed by atoms with E-state index >= 15 is 0 Å². The molecule has 1 rings (SSSR count). The molecule has 0 heterocycles. The average Bonchev–Trinajstić information content (AvgIpc) is 2.30. The van der Waals surface area contributed by atoms with Crippen molar-refractivity contribution in [1.29, 1.82) is 0 Å². The lowest BCUT2D eigenvalue weighted by Crippen LogP contribution is -2.29. The van der Waals surface area contributed by atoms with E-state index in [0.717, 1.165) is 12.1 Å². The van der Waals surface area contributed by atoms with Crippen LogP contribution in [-0.4, -0.2) is 18.6 Å². The van der Waals surface area contributed by atoms with Gasteiger partial charge in [-0.3, -0.25) is 4.79 Å². The largest absolute Gasteiger partial charge is 0.416 e. The fourth-order valence-corrected chi connectivity index (χ4v) is 1.80. The Morgan fingerprint density at radius 2 is 1.95 bits per heavy atom. The van der Waals surface area contributed by atoms with Gasteiger partial charge in [0.25, 0.3) is 0 Å². The number of methoxy groups -OCH3 is 1. The van der Waals surface area contributed by atoms with E-state index in [1.165, 1.54) is 13.2 Å². The quantitative estimate of drug-likeness (QED) is 0.879. The summed E-state index contributed by atoms with van der Waals surface area (Å²) in [5, 5.41) is 2.45. The molecule has 0 atom stereocenters. The fraction of sp³-hybridized carbons (Fsp3) is 0.462.